The second-order valence-electron chi connectivity index (χ2n) is 5.37. The van der Waals surface area contributed by atoms with E-state index in [-0.39, 0.29) is 6.54 Å². The van der Waals surface area contributed by atoms with Crippen LogP contribution in [-0.2, 0) is 14.8 Å². The first-order valence-electron chi connectivity index (χ1n) is 7.49. The number of sulfonamides is 1. The molecule has 1 amide bonds. The lowest BCUT2D eigenvalue weighted by Gasteiger charge is -2.22. The molecule has 0 saturated heterocycles. The van der Waals surface area contributed by atoms with E-state index in [0.29, 0.717) is 27.3 Å². The molecule has 0 bridgehead atoms. The number of rotatable bonds is 7. The van der Waals surface area contributed by atoms with Gasteiger partial charge in [0.2, 0.25) is 15.9 Å². The maximum atomic E-state index is 12.4. The third-order valence-electron chi connectivity index (χ3n) is 3.45. The molecule has 0 atom stereocenters. The zero-order chi connectivity index (χ0) is 19.3. The fraction of sp³-hybridized carbons (Fsp3) is 0.235. The van der Waals surface area contributed by atoms with Gasteiger partial charge in [0, 0.05) is 16.2 Å². The van der Waals surface area contributed by atoms with Crippen LogP contribution in [0.1, 0.15) is 0 Å². The van der Waals surface area contributed by atoms with Gasteiger partial charge in [0.15, 0.2) is 11.5 Å². The van der Waals surface area contributed by atoms with Crippen molar-refractivity contribution in [2.24, 2.45) is 0 Å². The largest absolute Gasteiger partial charge is 0.493 e. The summed E-state index contributed by atoms with van der Waals surface area (Å²) in [5, 5.41) is 2.66. The molecule has 1 N–H and O–H groups in total. The molecule has 2 aromatic carbocycles. The van der Waals surface area contributed by atoms with E-state index < -0.39 is 15.9 Å². The minimum atomic E-state index is -3.64. The van der Waals surface area contributed by atoms with E-state index in [4.69, 9.17) is 9.47 Å². The number of hydrogen-bond acceptors (Lipinski definition) is 5. The lowest BCUT2D eigenvalue weighted by Crippen LogP contribution is -2.37. The third kappa shape index (κ3) is 5.12. The van der Waals surface area contributed by atoms with Gasteiger partial charge in [-0.3, -0.25) is 9.10 Å². The molecule has 26 heavy (non-hydrogen) atoms. The molecule has 0 aliphatic heterocycles. The van der Waals surface area contributed by atoms with E-state index in [1.54, 1.807) is 42.5 Å². The predicted molar refractivity (Wildman–Crippen MR) is 105 cm³/mol. The Bertz CT molecular complexity index is 902. The van der Waals surface area contributed by atoms with Crippen LogP contribution in [0, 0.1) is 0 Å². The number of carbonyl (C=O) groups is 1. The van der Waals surface area contributed by atoms with Crippen molar-refractivity contribution >= 4 is 43.2 Å². The van der Waals surface area contributed by atoms with Gasteiger partial charge in [-0.1, -0.05) is 22.0 Å². The van der Waals surface area contributed by atoms with Crippen molar-refractivity contribution < 1.29 is 22.7 Å². The summed E-state index contributed by atoms with van der Waals surface area (Å²) in [6.07, 6.45) is 1.05. The number of carbonyl (C=O) groups excluding carboxylic acids is 1. The predicted octanol–water partition coefficient (Wildman–Crippen LogP) is 2.87. The quantitative estimate of drug-likeness (QED) is 0.712. The van der Waals surface area contributed by atoms with Gasteiger partial charge >= 0.3 is 0 Å². The Morgan fingerprint density at radius 2 is 1.81 bits per heavy atom. The number of hydrogen-bond donors (Lipinski definition) is 1. The molecule has 0 spiro atoms. The van der Waals surface area contributed by atoms with E-state index in [1.807, 2.05) is 0 Å². The Hall–Kier alpha value is -2.26. The smallest absolute Gasteiger partial charge is 0.245 e. The van der Waals surface area contributed by atoms with Crippen molar-refractivity contribution in [3.8, 4) is 11.5 Å². The van der Waals surface area contributed by atoms with Crippen LogP contribution in [0.25, 0.3) is 0 Å². The minimum absolute atomic E-state index is 0.358. The molecule has 2 rings (SSSR count). The zero-order valence-corrected chi connectivity index (χ0v) is 16.9. The van der Waals surface area contributed by atoms with E-state index >= 15 is 0 Å². The van der Waals surface area contributed by atoms with Crippen molar-refractivity contribution in [3.05, 3.63) is 46.9 Å². The topological polar surface area (TPSA) is 84.9 Å². The maximum Gasteiger partial charge on any atom is 0.245 e. The Labute approximate surface area is 161 Å². The fourth-order valence-electron chi connectivity index (χ4n) is 2.28. The average molecular weight is 443 g/mol. The number of amides is 1. The van der Waals surface area contributed by atoms with Crippen molar-refractivity contribution in [2.45, 2.75) is 0 Å². The SMILES string of the molecule is COc1ccc(NC(=O)CN(c2cccc(Br)c2)S(C)(=O)=O)cc1OC. The van der Waals surface area contributed by atoms with Gasteiger partial charge in [0.25, 0.3) is 0 Å². The van der Waals surface area contributed by atoms with Crippen molar-refractivity contribution in [1.82, 2.24) is 0 Å². The normalized spacial score (nSPS) is 10.9. The highest BCUT2D eigenvalue weighted by atomic mass is 79.9. The molecule has 140 valence electrons. The molecule has 0 aromatic heterocycles. The highest BCUT2D eigenvalue weighted by molar-refractivity contribution is 9.10. The van der Waals surface area contributed by atoms with Gasteiger partial charge in [0.05, 0.1) is 26.2 Å². The molecular formula is C17H19BrN2O5S. The second kappa shape index (κ2) is 8.41. The van der Waals surface area contributed by atoms with Crippen LogP contribution in [0.4, 0.5) is 11.4 Å². The van der Waals surface area contributed by atoms with Crippen LogP contribution < -0.4 is 19.1 Å². The highest BCUT2D eigenvalue weighted by Crippen LogP contribution is 2.30. The second-order valence-corrected chi connectivity index (χ2v) is 8.19. The minimum Gasteiger partial charge on any atom is -0.493 e. The van der Waals surface area contributed by atoms with Gasteiger partial charge < -0.3 is 14.8 Å². The van der Waals surface area contributed by atoms with E-state index in [0.717, 1.165) is 10.6 Å². The highest BCUT2D eigenvalue weighted by Gasteiger charge is 2.21. The molecule has 0 unspecified atom stereocenters. The van der Waals surface area contributed by atoms with Gasteiger partial charge in [0.1, 0.15) is 6.54 Å². The van der Waals surface area contributed by atoms with Gasteiger partial charge in [-0.15, -0.1) is 0 Å². The molecule has 0 fully saturated rings. The average Bonchev–Trinajstić information content (AvgIpc) is 2.58. The zero-order valence-electron chi connectivity index (χ0n) is 14.5. The van der Waals surface area contributed by atoms with Crippen molar-refractivity contribution in [2.75, 3.05) is 36.6 Å². The Balaban J connectivity index is 2.20. The summed E-state index contributed by atoms with van der Waals surface area (Å²) in [6, 6.07) is 11.6. The van der Waals surface area contributed by atoms with Crippen LogP contribution in [-0.4, -0.2) is 41.3 Å². The molecule has 0 radical (unpaired) electrons. The number of anilines is 2. The van der Waals surface area contributed by atoms with Crippen LogP contribution >= 0.6 is 15.9 Å². The summed E-state index contributed by atoms with van der Waals surface area (Å²) in [7, 11) is -0.638. The third-order valence-corrected chi connectivity index (χ3v) is 5.08. The van der Waals surface area contributed by atoms with Gasteiger partial charge in [-0.25, -0.2) is 8.42 Å². The molecule has 0 aliphatic carbocycles. The molecule has 0 heterocycles. The summed E-state index contributed by atoms with van der Waals surface area (Å²) in [5.41, 5.74) is 0.861. The molecule has 0 saturated carbocycles. The summed E-state index contributed by atoms with van der Waals surface area (Å²) in [4.78, 5) is 12.4. The summed E-state index contributed by atoms with van der Waals surface area (Å²) >= 11 is 3.30. The molecule has 0 aliphatic rings. The molecule has 7 nitrogen and oxygen atoms in total. The first-order valence-corrected chi connectivity index (χ1v) is 10.1. The number of halogens is 1. The van der Waals surface area contributed by atoms with Crippen LogP contribution in [0.5, 0.6) is 11.5 Å². The number of methoxy groups -OCH3 is 2. The molecule has 2 aromatic rings. The number of benzene rings is 2. The van der Waals surface area contributed by atoms with Gasteiger partial charge in [-0.05, 0) is 30.3 Å². The van der Waals surface area contributed by atoms with Crippen LogP contribution in [0.15, 0.2) is 46.9 Å². The van der Waals surface area contributed by atoms with E-state index in [1.165, 1.54) is 14.2 Å². The monoisotopic (exact) mass is 442 g/mol. The lowest BCUT2D eigenvalue weighted by molar-refractivity contribution is -0.114. The lowest BCUT2D eigenvalue weighted by atomic mass is 10.2. The Morgan fingerprint density at radius 3 is 2.38 bits per heavy atom. The standard InChI is InChI=1S/C17H19BrN2O5S/c1-24-15-8-7-13(10-16(15)25-2)19-17(21)11-20(26(3,22)23)14-6-4-5-12(18)9-14/h4-10H,11H2,1-3H3,(H,19,21). The van der Waals surface area contributed by atoms with Crippen molar-refractivity contribution in [1.29, 1.82) is 0 Å². The molecular weight excluding hydrogens is 424 g/mol. The van der Waals surface area contributed by atoms with Crippen molar-refractivity contribution in [3.63, 3.8) is 0 Å². The van der Waals surface area contributed by atoms with E-state index in [2.05, 4.69) is 21.2 Å². The Kier molecular flexibility index (Phi) is 6.49. The number of nitrogens with zero attached hydrogens (tertiary/aromatic N) is 1. The van der Waals surface area contributed by atoms with Crippen LogP contribution in [0.3, 0.4) is 0 Å². The summed E-state index contributed by atoms with van der Waals surface area (Å²) < 4.78 is 36.3. The van der Waals surface area contributed by atoms with Gasteiger partial charge in [-0.2, -0.15) is 0 Å². The first kappa shape index (κ1) is 20.1. The van der Waals surface area contributed by atoms with E-state index in [9.17, 15) is 13.2 Å². The first-order chi connectivity index (χ1) is 12.2. The Morgan fingerprint density at radius 1 is 1.12 bits per heavy atom. The summed E-state index contributed by atoms with van der Waals surface area (Å²) in [5.74, 6) is 0.497. The maximum absolute atomic E-state index is 12.4. The summed E-state index contributed by atoms with van der Waals surface area (Å²) in [6.45, 7) is -0.358. The molecule has 9 heteroatoms. The number of ether oxygens (including phenoxy) is 2. The number of nitrogens with one attached hydrogen (secondary N) is 1. The fourth-order valence-corrected chi connectivity index (χ4v) is 3.51. The van der Waals surface area contributed by atoms with Crippen LogP contribution in [0.2, 0.25) is 0 Å².